The van der Waals surface area contributed by atoms with E-state index in [1.165, 1.54) is 0 Å². The van der Waals surface area contributed by atoms with Gasteiger partial charge in [-0.3, -0.25) is 0 Å². The number of benzene rings is 1. The van der Waals surface area contributed by atoms with Crippen LogP contribution in [0.5, 0.6) is 0 Å². The first-order valence-electron chi connectivity index (χ1n) is 5.91. The second kappa shape index (κ2) is 6.20. The maximum atomic E-state index is 13.4. The zero-order valence-electron chi connectivity index (χ0n) is 10.5. The van der Waals surface area contributed by atoms with Crippen LogP contribution in [0.2, 0.25) is 0 Å². The van der Waals surface area contributed by atoms with Crippen molar-refractivity contribution in [2.45, 2.75) is 38.8 Å². The van der Waals surface area contributed by atoms with Crippen molar-refractivity contribution in [2.24, 2.45) is 11.7 Å². The van der Waals surface area contributed by atoms with Gasteiger partial charge < -0.3 is 10.8 Å². The molecular formula is C13H18F3NO. The van der Waals surface area contributed by atoms with Crippen LogP contribution in [0.1, 0.15) is 38.3 Å². The molecule has 0 fully saturated rings. The van der Waals surface area contributed by atoms with Gasteiger partial charge in [-0.1, -0.05) is 13.8 Å². The molecule has 0 aliphatic carbocycles. The first-order chi connectivity index (χ1) is 8.32. The Kier molecular flexibility index (Phi) is 5.16. The molecule has 0 spiro atoms. The minimum absolute atomic E-state index is 0.342. The number of rotatable bonds is 5. The third-order valence-electron chi connectivity index (χ3n) is 2.83. The van der Waals surface area contributed by atoms with Crippen molar-refractivity contribution in [3.63, 3.8) is 0 Å². The lowest BCUT2D eigenvalue weighted by molar-refractivity contribution is 0.125. The normalized spacial score (nSPS) is 14.9. The fourth-order valence-corrected chi connectivity index (χ4v) is 1.75. The Morgan fingerprint density at radius 3 is 2.06 bits per heavy atom. The van der Waals surface area contributed by atoms with Gasteiger partial charge in [0.15, 0.2) is 0 Å². The molecule has 2 atom stereocenters. The summed E-state index contributed by atoms with van der Waals surface area (Å²) in [4.78, 5) is 0. The molecule has 3 N–H and O–H groups in total. The Hall–Kier alpha value is -1.07. The molecule has 0 bridgehead atoms. The molecule has 0 saturated carbocycles. The summed E-state index contributed by atoms with van der Waals surface area (Å²) in [6.07, 6.45) is -0.0177. The number of aliphatic hydroxyl groups excluding tert-OH is 1. The topological polar surface area (TPSA) is 46.2 Å². The van der Waals surface area contributed by atoms with Crippen molar-refractivity contribution in [2.75, 3.05) is 0 Å². The number of hydrogen-bond acceptors (Lipinski definition) is 2. The number of nitrogens with two attached hydrogens (primary N) is 1. The molecule has 5 heteroatoms. The molecule has 0 unspecified atom stereocenters. The maximum Gasteiger partial charge on any atom is 0.133 e. The molecule has 102 valence electrons. The van der Waals surface area contributed by atoms with E-state index in [4.69, 9.17) is 5.73 Å². The van der Waals surface area contributed by atoms with Crippen LogP contribution < -0.4 is 5.73 Å². The van der Waals surface area contributed by atoms with Crippen LogP contribution >= 0.6 is 0 Å². The molecule has 0 aliphatic heterocycles. The molecule has 1 aromatic carbocycles. The Balaban J connectivity index is 2.86. The van der Waals surface area contributed by atoms with Crippen LogP contribution in [-0.2, 0) is 0 Å². The van der Waals surface area contributed by atoms with Gasteiger partial charge in [0.1, 0.15) is 17.5 Å². The molecule has 0 saturated heterocycles. The van der Waals surface area contributed by atoms with Crippen molar-refractivity contribution in [3.05, 3.63) is 35.1 Å². The first-order valence-corrected chi connectivity index (χ1v) is 5.91. The third-order valence-corrected chi connectivity index (χ3v) is 2.83. The van der Waals surface area contributed by atoms with Gasteiger partial charge in [-0.25, -0.2) is 13.2 Å². The van der Waals surface area contributed by atoms with Gasteiger partial charge in [-0.15, -0.1) is 0 Å². The molecule has 0 heterocycles. The number of halogens is 3. The summed E-state index contributed by atoms with van der Waals surface area (Å²) >= 11 is 0. The largest absolute Gasteiger partial charge is 0.391 e. The summed E-state index contributed by atoms with van der Waals surface area (Å²) < 4.78 is 39.6. The summed E-state index contributed by atoms with van der Waals surface area (Å²) in [5.74, 6) is -2.78. The Morgan fingerprint density at radius 1 is 1.11 bits per heavy atom. The fourth-order valence-electron chi connectivity index (χ4n) is 1.75. The van der Waals surface area contributed by atoms with Gasteiger partial charge in [-0.05, 0) is 18.8 Å². The third kappa shape index (κ3) is 3.71. The summed E-state index contributed by atoms with van der Waals surface area (Å²) in [5.41, 5.74) is 5.16. The van der Waals surface area contributed by atoms with Gasteiger partial charge in [0.2, 0.25) is 0 Å². The van der Waals surface area contributed by atoms with Gasteiger partial charge in [0.25, 0.3) is 0 Å². The highest BCUT2D eigenvalue weighted by Crippen LogP contribution is 2.25. The molecule has 0 aliphatic rings. The van der Waals surface area contributed by atoms with E-state index in [0.717, 1.165) is 0 Å². The van der Waals surface area contributed by atoms with Crippen molar-refractivity contribution in [3.8, 4) is 0 Å². The Morgan fingerprint density at radius 2 is 1.61 bits per heavy atom. The lowest BCUT2D eigenvalue weighted by Crippen LogP contribution is -2.28. The number of aliphatic hydroxyl groups is 1. The summed E-state index contributed by atoms with van der Waals surface area (Å²) in [6, 6.07) is -0.0645. The van der Waals surface area contributed by atoms with Crippen LogP contribution in [-0.4, -0.2) is 11.2 Å². The minimum Gasteiger partial charge on any atom is -0.391 e. The van der Waals surface area contributed by atoms with Crippen molar-refractivity contribution in [1.82, 2.24) is 0 Å². The molecule has 2 nitrogen and oxygen atoms in total. The number of hydrogen-bond donors (Lipinski definition) is 2. The van der Waals surface area contributed by atoms with E-state index in [2.05, 4.69) is 0 Å². The first kappa shape index (κ1) is 15.0. The summed E-state index contributed by atoms with van der Waals surface area (Å²) in [6.45, 7) is 3.94. The zero-order chi connectivity index (χ0) is 13.9. The van der Waals surface area contributed by atoms with Crippen LogP contribution in [0, 0.1) is 23.4 Å². The second-order valence-electron chi connectivity index (χ2n) is 4.85. The Bertz CT molecular complexity index is 386. The SMILES string of the molecule is CC(C)CC[C@@H](O)[C@@H](N)c1c(F)cc(F)cc1F. The smallest absolute Gasteiger partial charge is 0.133 e. The van der Waals surface area contributed by atoms with E-state index < -0.39 is 35.2 Å². The van der Waals surface area contributed by atoms with Crippen LogP contribution in [0.15, 0.2) is 12.1 Å². The monoisotopic (exact) mass is 261 g/mol. The van der Waals surface area contributed by atoms with E-state index in [9.17, 15) is 18.3 Å². The van der Waals surface area contributed by atoms with E-state index in [1.54, 1.807) is 0 Å². The lowest BCUT2D eigenvalue weighted by atomic mass is 9.95. The highest BCUT2D eigenvalue weighted by molar-refractivity contribution is 5.24. The standard InChI is InChI=1S/C13H18F3NO/c1-7(2)3-4-11(18)13(17)12-9(15)5-8(14)6-10(12)16/h5-7,11,13,18H,3-4,17H2,1-2H3/t11-,13-/m1/s1. The molecule has 0 aromatic heterocycles. The van der Waals surface area contributed by atoms with Gasteiger partial charge >= 0.3 is 0 Å². The highest BCUT2D eigenvalue weighted by Gasteiger charge is 2.24. The second-order valence-corrected chi connectivity index (χ2v) is 4.85. The van der Waals surface area contributed by atoms with E-state index in [1.807, 2.05) is 13.8 Å². The van der Waals surface area contributed by atoms with Crippen molar-refractivity contribution < 1.29 is 18.3 Å². The quantitative estimate of drug-likeness (QED) is 0.856. The van der Waals surface area contributed by atoms with Gasteiger partial charge in [0.05, 0.1) is 12.1 Å². The summed E-state index contributed by atoms with van der Waals surface area (Å²) in [7, 11) is 0. The zero-order valence-corrected chi connectivity index (χ0v) is 10.5. The van der Waals surface area contributed by atoms with E-state index in [-0.39, 0.29) is 0 Å². The molecule has 0 amide bonds. The van der Waals surface area contributed by atoms with E-state index in [0.29, 0.717) is 30.9 Å². The van der Waals surface area contributed by atoms with Crippen LogP contribution in [0.25, 0.3) is 0 Å². The molecule has 0 radical (unpaired) electrons. The van der Waals surface area contributed by atoms with Crippen molar-refractivity contribution in [1.29, 1.82) is 0 Å². The Labute approximate surface area is 105 Å². The maximum absolute atomic E-state index is 13.4. The minimum atomic E-state index is -1.19. The molecule has 18 heavy (non-hydrogen) atoms. The predicted octanol–water partition coefficient (Wildman–Crippen LogP) is 2.90. The molecule has 1 aromatic rings. The average Bonchev–Trinajstić information content (AvgIpc) is 2.24. The fraction of sp³-hybridized carbons (Fsp3) is 0.538. The summed E-state index contributed by atoms with van der Waals surface area (Å²) in [5, 5.41) is 9.79. The van der Waals surface area contributed by atoms with Gasteiger partial charge in [-0.2, -0.15) is 0 Å². The highest BCUT2D eigenvalue weighted by atomic mass is 19.1. The molecular weight excluding hydrogens is 243 g/mol. The lowest BCUT2D eigenvalue weighted by Gasteiger charge is -2.21. The molecule has 1 rings (SSSR count). The average molecular weight is 261 g/mol. The van der Waals surface area contributed by atoms with Crippen molar-refractivity contribution >= 4 is 0 Å². The predicted molar refractivity (Wildman–Crippen MR) is 63.3 cm³/mol. The van der Waals surface area contributed by atoms with E-state index >= 15 is 0 Å². The van der Waals surface area contributed by atoms with Gasteiger partial charge in [0, 0.05) is 17.7 Å². The van der Waals surface area contributed by atoms with Crippen LogP contribution in [0.3, 0.4) is 0 Å². The van der Waals surface area contributed by atoms with Crippen LogP contribution in [0.4, 0.5) is 13.2 Å².